The number of fused-ring (bicyclic) bond motifs is 2. The van der Waals surface area contributed by atoms with E-state index in [1.807, 2.05) is 0 Å². The molecule has 2 bridgehead atoms. The van der Waals surface area contributed by atoms with Crippen molar-refractivity contribution in [2.75, 3.05) is 6.16 Å². The first-order valence-corrected chi connectivity index (χ1v) is 9.38. The van der Waals surface area contributed by atoms with Gasteiger partial charge in [-0.2, -0.15) is 0 Å². The molecule has 0 aromatic heterocycles. The maximum atomic E-state index is 2.51. The van der Waals surface area contributed by atoms with Gasteiger partial charge in [0, 0.05) is 0 Å². The summed E-state index contributed by atoms with van der Waals surface area (Å²) in [6.07, 6.45) is 12.4. The molecule has 1 atom stereocenters. The Morgan fingerprint density at radius 2 is 1.47 bits per heavy atom. The first-order chi connectivity index (χ1) is 7.96. The summed E-state index contributed by atoms with van der Waals surface area (Å²) in [4.78, 5) is 0. The molecule has 2 rings (SSSR count). The van der Waals surface area contributed by atoms with Crippen molar-refractivity contribution < 1.29 is 0 Å². The summed E-state index contributed by atoms with van der Waals surface area (Å²) in [6, 6.07) is 0. The molecule has 2 saturated heterocycles. The number of hydrogen-bond acceptors (Lipinski definition) is 0. The Kier molecular flexibility index (Phi) is 4.56. The van der Waals surface area contributed by atoms with Crippen molar-refractivity contribution in [2.45, 2.75) is 84.0 Å². The largest absolute Gasteiger partial charge is 0.100 e. The fourth-order valence-electron chi connectivity index (χ4n) is 4.20. The zero-order chi connectivity index (χ0) is 12.5. The van der Waals surface area contributed by atoms with Crippen LogP contribution in [0.5, 0.6) is 0 Å². The summed E-state index contributed by atoms with van der Waals surface area (Å²) < 4.78 is 0. The van der Waals surface area contributed by atoms with Crippen molar-refractivity contribution in [1.29, 1.82) is 0 Å². The zero-order valence-electron chi connectivity index (χ0n) is 12.3. The molecule has 0 aromatic rings. The lowest BCUT2D eigenvalue weighted by Gasteiger charge is -2.44. The van der Waals surface area contributed by atoms with Gasteiger partial charge >= 0.3 is 0 Å². The monoisotopic (exact) mass is 254 g/mol. The molecule has 1 unspecified atom stereocenters. The third-order valence-electron chi connectivity index (χ3n) is 4.57. The Bertz CT molecular complexity index is 218. The summed E-state index contributed by atoms with van der Waals surface area (Å²) in [5, 5.41) is 0. The minimum absolute atomic E-state index is 0.398. The van der Waals surface area contributed by atoms with Crippen LogP contribution < -0.4 is 0 Å². The highest BCUT2D eigenvalue weighted by atomic mass is 31.1. The first-order valence-electron chi connectivity index (χ1n) is 7.71. The predicted molar refractivity (Wildman–Crippen MR) is 80.3 cm³/mol. The van der Waals surface area contributed by atoms with Crippen molar-refractivity contribution >= 4 is 7.92 Å². The van der Waals surface area contributed by atoms with Gasteiger partial charge in [-0.25, -0.2) is 0 Å². The standard InChI is InChI=1S/C16H31P/c1-13(11-16(2,3)4)12-17-14-7-5-8-15(17)10-6-9-14/h13-15H,5-12H2,1-4H3. The highest BCUT2D eigenvalue weighted by Crippen LogP contribution is 2.60. The van der Waals surface area contributed by atoms with Gasteiger partial charge < -0.3 is 0 Å². The quantitative estimate of drug-likeness (QED) is 0.571. The molecule has 0 aliphatic carbocycles. The predicted octanol–water partition coefficient (Wildman–Crippen LogP) is 5.65. The smallest absolute Gasteiger partial charge is 0.0207 e. The lowest BCUT2D eigenvalue weighted by molar-refractivity contribution is 0.321. The molecule has 0 N–H and O–H groups in total. The molecule has 100 valence electrons. The van der Waals surface area contributed by atoms with E-state index in [4.69, 9.17) is 0 Å². The van der Waals surface area contributed by atoms with Crippen molar-refractivity contribution in [3.63, 3.8) is 0 Å². The fraction of sp³-hybridized carbons (Fsp3) is 1.00. The molecule has 0 amide bonds. The number of hydrogen-bond donors (Lipinski definition) is 0. The van der Waals surface area contributed by atoms with Crippen molar-refractivity contribution in [3.8, 4) is 0 Å². The molecule has 1 heteroatoms. The molecular weight excluding hydrogens is 223 g/mol. The molecule has 2 heterocycles. The van der Waals surface area contributed by atoms with Crippen LogP contribution in [0, 0.1) is 11.3 Å². The average Bonchev–Trinajstić information content (AvgIpc) is 2.13. The second-order valence-corrected chi connectivity index (χ2v) is 10.6. The molecule has 0 spiro atoms. The van der Waals surface area contributed by atoms with E-state index in [0.717, 1.165) is 5.92 Å². The van der Waals surface area contributed by atoms with E-state index in [2.05, 4.69) is 27.7 Å². The second kappa shape index (κ2) is 5.60. The van der Waals surface area contributed by atoms with E-state index in [1.54, 1.807) is 44.7 Å². The molecule has 2 aliphatic rings. The maximum absolute atomic E-state index is 2.51. The van der Waals surface area contributed by atoms with Gasteiger partial charge in [0.2, 0.25) is 0 Å². The highest BCUT2D eigenvalue weighted by molar-refractivity contribution is 7.59. The summed E-state index contributed by atoms with van der Waals surface area (Å²) in [5.41, 5.74) is 2.86. The van der Waals surface area contributed by atoms with E-state index < -0.39 is 0 Å². The van der Waals surface area contributed by atoms with Crippen LogP contribution in [0.3, 0.4) is 0 Å². The van der Waals surface area contributed by atoms with Crippen LogP contribution in [0.2, 0.25) is 0 Å². The van der Waals surface area contributed by atoms with E-state index in [1.165, 1.54) is 17.7 Å². The zero-order valence-corrected chi connectivity index (χ0v) is 13.2. The SMILES string of the molecule is CC(CP1C2CCCC1CCC2)CC(C)(C)C. The third-order valence-corrected chi connectivity index (χ3v) is 8.52. The van der Waals surface area contributed by atoms with Crippen LogP contribution in [0.15, 0.2) is 0 Å². The summed E-state index contributed by atoms with van der Waals surface area (Å²) >= 11 is 0. The molecule has 2 aliphatic heterocycles. The second-order valence-electron chi connectivity index (χ2n) is 7.74. The van der Waals surface area contributed by atoms with E-state index >= 15 is 0 Å². The van der Waals surface area contributed by atoms with Crippen LogP contribution >= 0.6 is 7.92 Å². The van der Waals surface area contributed by atoms with Crippen LogP contribution in [0.4, 0.5) is 0 Å². The normalized spacial score (nSPS) is 35.6. The van der Waals surface area contributed by atoms with E-state index in [9.17, 15) is 0 Å². The van der Waals surface area contributed by atoms with Gasteiger partial charge in [0.1, 0.15) is 0 Å². The van der Waals surface area contributed by atoms with Crippen LogP contribution in [-0.2, 0) is 0 Å². The lowest BCUT2D eigenvalue weighted by atomic mass is 9.86. The Labute approximate surface area is 110 Å². The molecule has 0 radical (unpaired) electrons. The van der Waals surface area contributed by atoms with Crippen LogP contribution in [0.1, 0.15) is 72.6 Å². The number of rotatable bonds is 3. The van der Waals surface area contributed by atoms with Gasteiger partial charge in [-0.1, -0.05) is 40.5 Å². The lowest BCUT2D eigenvalue weighted by Crippen LogP contribution is -2.29. The van der Waals surface area contributed by atoms with Crippen molar-refractivity contribution in [2.24, 2.45) is 11.3 Å². The van der Waals surface area contributed by atoms with Gasteiger partial charge in [-0.15, -0.1) is 7.92 Å². The molecule has 0 saturated carbocycles. The molecule has 17 heavy (non-hydrogen) atoms. The minimum Gasteiger partial charge on any atom is -0.100 e. The highest BCUT2D eigenvalue weighted by Gasteiger charge is 2.36. The van der Waals surface area contributed by atoms with Gasteiger partial charge in [0.15, 0.2) is 0 Å². The van der Waals surface area contributed by atoms with Gasteiger partial charge in [-0.3, -0.25) is 0 Å². The molecule has 2 fully saturated rings. The molecule has 0 nitrogen and oxygen atoms in total. The Morgan fingerprint density at radius 1 is 1.00 bits per heavy atom. The molecular formula is C16H31P. The fourth-order valence-corrected chi connectivity index (χ4v) is 8.29. The summed E-state index contributed by atoms with van der Waals surface area (Å²) in [6.45, 7) is 9.72. The molecule has 0 aromatic carbocycles. The Balaban J connectivity index is 1.89. The van der Waals surface area contributed by atoms with Gasteiger partial charge in [0.05, 0.1) is 0 Å². The summed E-state index contributed by atoms with van der Waals surface area (Å²) in [5.74, 6) is 0.960. The Hall–Kier alpha value is 0.430. The van der Waals surface area contributed by atoms with E-state index in [-0.39, 0.29) is 0 Å². The van der Waals surface area contributed by atoms with Crippen LogP contribution in [-0.4, -0.2) is 17.5 Å². The minimum atomic E-state index is 0.398. The van der Waals surface area contributed by atoms with Gasteiger partial charge in [0.25, 0.3) is 0 Å². The maximum Gasteiger partial charge on any atom is -0.0207 e. The van der Waals surface area contributed by atoms with Crippen molar-refractivity contribution in [1.82, 2.24) is 0 Å². The van der Waals surface area contributed by atoms with Gasteiger partial charge in [-0.05, 0) is 60.9 Å². The van der Waals surface area contributed by atoms with Crippen LogP contribution in [0.25, 0.3) is 0 Å². The third kappa shape index (κ3) is 3.95. The van der Waals surface area contributed by atoms with Crippen molar-refractivity contribution in [3.05, 3.63) is 0 Å². The van der Waals surface area contributed by atoms with E-state index in [0.29, 0.717) is 13.3 Å². The topological polar surface area (TPSA) is 0 Å². The first kappa shape index (κ1) is 13.9. The Morgan fingerprint density at radius 3 is 1.88 bits per heavy atom. The average molecular weight is 254 g/mol. The summed E-state index contributed by atoms with van der Waals surface area (Å²) in [7, 11) is 0.398.